The highest BCUT2D eigenvalue weighted by Gasteiger charge is 2.31. The number of hydrogen-bond donors (Lipinski definition) is 1. The quantitative estimate of drug-likeness (QED) is 0.357. The number of benzene rings is 3. The highest BCUT2D eigenvalue weighted by Crippen LogP contribution is 2.32. The lowest BCUT2D eigenvalue weighted by Crippen LogP contribution is -2.23. The predicted molar refractivity (Wildman–Crippen MR) is 130 cm³/mol. The predicted octanol–water partition coefficient (Wildman–Crippen LogP) is 4.83. The molecular weight excluding hydrogens is 491 g/mol. The fourth-order valence-electron chi connectivity index (χ4n) is 3.48. The summed E-state index contributed by atoms with van der Waals surface area (Å²) in [6.07, 6.45) is -4.40. The van der Waals surface area contributed by atoms with Gasteiger partial charge in [0.1, 0.15) is 0 Å². The zero-order chi connectivity index (χ0) is 26.7. The lowest BCUT2D eigenvalue weighted by Gasteiger charge is -2.14. The van der Waals surface area contributed by atoms with Crippen molar-refractivity contribution in [2.24, 2.45) is 5.10 Å². The van der Waals surface area contributed by atoms with Crippen molar-refractivity contribution in [2.75, 3.05) is 7.11 Å². The Bertz CT molecular complexity index is 1560. The van der Waals surface area contributed by atoms with Crippen LogP contribution in [0, 0.1) is 0 Å². The fourth-order valence-corrected chi connectivity index (χ4v) is 3.48. The molecule has 4 aromatic rings. The highest BCUT2D eigenvalue weighted by atomic mass is 19.4. The maximum atomic E-state index is 13.3. The molecule has 0 aliphatic rings. The Hall–Kier alpha value is -4.67. The van der Waals surface area contributed by atoms with Gasteiger partial charge in [-0.3, -0.25) is 4.79 Å². The largest absolute Gasteiger partial charge is 0.493 e. The second-order valence-corrected chi connectivity index (χ2v) is 7.90. The average Bonchev–Trinajstić information content (AvgIpc) is 2.88. The van der Waals surface area contributed by atoms with Gasteiger partial charge in [0, 0.05) is 5.56 Å². The monoisotopic (exact) mass is 511 g/mol. The molecule has 0 aliphatic heterocycles. The van der Waals surface area contributed by atoms with Crippen LogP contribution >= 0.6 is 0 Å². The fraction of sp³-hybridized carbons (Fsp3) is 0.154. The van der Waals surface area contributed by atoms with Crippen LogP contribution < -0.4 is 15.0 Å². The Morgan fingerprint density at radius 1 is 1.08 bits per heavy atom. The molecule has 0 saturated carbocycles. The van der Waals surface area contributed by atoms with E-state index in [0.717, 1.165) is 16.8 Å². The minimum Gasteiger partial charge on any atom is -0.493 e. The third kappa shape index (κ3) is 5.45. The third-order valence-corrected chi connectivity index (χ3v) is 5.36. The summed E-state index contributed by atoms with van der Waals surface area (Å²) in [5, 5.41) is 13.5. The molecule has 0 fully saturated rings. The summed E-state index contributed by atoms with van der Waals surface area (Å²) < 4.78 is 51.6. The molecule has 0 saturated heterocycles. The number of rotatable bonds is 7. The first-order valence-electron chi connectivity index (χ1n) is 10.9. The number of aliphatic carboxylic acids is 1. The van der Waals surface area contributed by atoms with E-state index in [-0.39, 0.29) is 28.3 Å². The normalized spacial score (nSPS) is 12.6. The molecule has 11 heteroatoms. The SMILES string of the molecule is COc1cc(C=Nn2c(-c3cccc(C(F)(F)F)c3)nc3ccccc3c2=O)ccc1O[C@@H](C)C(=O)O. The van der Waals surface area contributed by atoms with Crippen molar-refractivity contribution in [1.29, 1.82) is 0 Å². The van der Waals surface area contributed by atoms with E-state index < -0.39 is 29.4 Å². The lowest BCUT2D eigenvalue weighted by molar-refractivity contribution is -0.144. The van der Waals surface area contributed by atoms with Crippen LogP contribution in [-0.4, -0.2) is 40.2 Å². The molecule has 4 rings (SSSR count). The molecule has 3 aromatic carbocycles. The van der Waals surface area contributed by atoms with Crippen LogP contribution in [0.3, 0.4) is 0 Å². The Morgan fingerprint density at radius 2 is 1.84 bits per heavy atom. The second kappa shape index (κ2) is 10.1. The first kappa shape index (κ1) is 25.4. The van der Waals surface area contributed by atoms with E-state index in [1.807, 2.05) is 0 Å². The van der Waals surface area contributed by atoms with Crippen molar-refractivity contribution >= 4 is 23.1 Å². The van der Waals surface area contributed by atoms with Crippen molar-refractivity contribution < 1.29 is 32.5 Å². The molecular formula is C26H20F3N3O5. The number of carboxylic acids is 1. The molecule has 1 N–H and O–H groups in total. The van der Waals surface area contributed by atoms with E-state index in [1.54, 1.807) is 30.3 Å². The molecule has 0 unspecified atom stereocenters. The third-order valence-electron chi connectivity index (χ3n) is 5.36. The molecule has 0 amide bonds. The zero-order valence-corrected chi connectivity index (χ0v) is 19.6. The number of fused-ring (bicyclic) bond motifs is 1. The summed E-state index contributed by atoms with van der Waals surface area (Å²) >= 11 is 0. The number of methoxy groups -OCH3 is 1. The maximum Gasteiger partial charge on any atom is 0.416 e. The smallest absolute Gasteiger partial charge is 0.416 e. The first-order valence-corrected chi connectivity index (χ1v) is 10.9. The van der Waals surface area contributed by atoms with Crippen molar-refractivity contribution in [1.82, 2.24) is 9.66 Å². The van der Waals surface area contributed by atoms with E-state index in [2.05, 4.69) is 10.1 Å². The van der Waals surface area contributed by atoms with Gasteiger partial charge in [0.2, 0.25) is 0 Å². The highest BCUT2D eigenvalue weighted by molar-refractivity contribution is 5.83. The van der Waals surface area contributed by atoms with Gasteiger partial charge in [0.15, 0.2) is 23.4 Å². The van der Waals surface area contributed by atoms with Crippen LogP contribution in [0.15, 0.2) is 76.6 Å². The Kier molecular flexibility index (Phi) is 6.96. The molecule has 1 heterocycles. The topological polar surface area (TPSA) is 103 Å². The summed E-state index contributed by atoms with van der Waals surface area (Å²) in [4.78, 5) is 28.8. The molecule has 37 heavy (non-hydrogen) atoms. The number of hydrogen-bond acceptors (Lipinski definition) is 6. The van der Waals surface area contributed by atoms with Gasteiger partial charge >= 0.3 is 12.1 Å². The van der Waals surface area contributed by atoms with Crippen molar-refractivity contribution in [3.63, 3.8) is 0 Å². The average molecular weight is 511 g/mol. The molecule has 0 spiro atoms. The Morgan fingerprint density at radius 3 is 2.54 bits per heavy atom. The molecule has 1 atom stereocenters. The van der Waals surface area contributed by atoms with E-state index in [1.165, 1.54) is 44.5 Å². The van der Waals surface area contributed by atoms with E-state index in [0.29, 0.717) is 11.1 Å². The number of carbonyl (C=O) groups is 1. The molecule has 0 aliphatic carbocycles. The van der Waals surface area contributed by atoms with Crippen LogP contribution in [0.5, 0.6) is 11.5 Å². The zero-order valence-electron chi connectivity index (χ0n) is 19.6. The number of ether oxygens (including phenoxy) is 2. The van der Waals surface area contributed by atoms with Crippen molar-refractivity contribution in [3.05, 3.63) is 88.2 Å². The number of halogens is 3. The summed E-state index contributed by atoms with van der Waals surface area (Å²) in [7, 11) is 1.37. The van der Waals surface area contributed by atoms with Crippen LogP contribution in [0.4, 0.5) is 13.2 Å². The number of carboxylic acid groups (broad SMARTS) is 1. The van der Waals surface area contributed by atoms with E-state index in [4.69, 9.17) is 14.6 Å². The maximum absolute atomic E-state index is 13.3. The standard InChI is InChI=1S/C26H20F3N3O5/c1-15(25(34)35)37-21-11-10-16(12-22(21)36-2)14-30-32-23(17-6-5-7-18(13-17)26(27,28)29)31-20-9-4-3-8-19(20)24(32)33/h3-15H,1-2H3,(H,34,35)/t15-/m0/s1. The van der Waals surface area contributed by atoms with Gasteiger partial charge in [-0.2, -0.15) is 22.9 Å². The number of alkyl halides is 3. The molecule has 0 radical (unpaired) electrons. The summed E-state index contributed by atoms with van der Waals surface area (Å²) in [5.41, 5.74) is -0.654. The molecule has 0 bridgehead atoms. The summed E-state index contributed by atoms with van der Waals surface area (Å²) in [6.45, 7) is 1.37. The Labute approximate surface area is 208 Å². The number of para-hydroxylation sites is 1. The summed E-state index contributed by atoms with van der Waals surface area (Å²) in [5.74, 6) is -0.825. The number of nitrogens with zero attached hydrogens (tertiary/aromatic N) is 3. The van der Waals surface area contributed by atoms with Crippen molar-refractivity contribution in [3.8, 4) is 22.9 Å². The molecule has 190 valence electrons. The van der Waals surface area contributed by atoms with Gasteiger partial charge in [-0.15, -0.1) is 0 Å². The van der Waals surface area contributed by atoms with Gasteiger partial charge in [-0.1, -0.05) is 24.3 Å². The molecule has 8 nitrogen and oxygen atoms in total. The van der Waals surface area contributed by atoms with Gasteiger partial charge in [-0.05, 0) is 55.0 Å². The van der Waals surface area contributed by atoms with Gasteiger partial charge in [0.05, 0.1) is 29.8 Å². The first-order chi connectivity index (χ1) is 17.6. The van der Waals surface area contributed by atoms with Crippen LogP contribution in [-0.2, 0) is 11.0 Å². The second-order valence-electron chi connectivity index (χ2n) is 7.90. The summed E-state index contributed by atoms with van der Waals surface area (Å²) in [6, 6.07) is 15.5. The van der Waals surface area contributed by atoms with Gasteiger partial charge < -0.3 is 14.6 Å². The van der Waals surface area contributed by atoms with Crippen LogP contribution in [0.2, 0.25) is 0 Å². The minimum atomic E-state index is -4.58. The van der Waals surface area contributed by atoms with Gasteiger partial charge in [-0.25, -0.2) is 9.78 Å². The molecule has 1 aromatic heterocycles. The number of aromatic nitrogens is 2. The van der Waals surface area contributed by atoms with Crippen molar-refractivity contribution in [2.45, 2.75) is 19.2 Å². The van der Waals surface area contributed by atoms with E-state index in [9.17, 15) is 22.8 Å². The minimum absolute atomic E-state index is 0.0545. The van der Waals surface area contributed by atoms with Crippen LogP contribution in [0.1, 0.15) is 18.1 Å². The van der Waals surface area contributed by atoms with Gasteiger partial charge in [0.25, 0.3) is 5.56 Å². The Balaban J connectivity index is 1.82. The van der Waals surface area contributed by atoms with E-state index >= 15 is 0 Å². The lowest BCUT2D eigenvalue weighted by atomic mass is 10.1. The van der Waals surface area contributed by atoms with Crippen LogP contribution in [0.25, 0.3) is 22.3 Å².